The predicted octanol–water partition coefficient (Wildman–Crippen LogP) is 4.79. The van der Waals surface area contributed by atoms with E-state index in [2.05, 4.69) is 0 Å². The molecule has 0 bridgehead atoms. The van der Waals surface area contributed by atoms with Crippen molar-refractivity contribution in [2.45, 2.75) is 9.79 Å². The molecule has 4 aromatic rings. The Morgan fingerprint density at radius 2 is 1.43 bits per heavy atom. The van der Waals surface area contributed by atoms with Crippen LogP contribution in [0.5, 0.6) is 0 Å². The van der Waals surface area contributed by atoms with Gasteiger partial charge in [0, 0.05) is 5.56 Å². The van der Waals surface area contributed by atoms with Crippen molar-refractivity contribution in [3.63, 3.8) is 0 Å². The van der Waals surface area contributed by atoms with E-state index in [0.717, 1.165) is 16.3 Å². The Balaban J connectivity index is 1.95. The SMILES string of the molecule is N#Cc1c(N)cccc1S(=O)(=O)c1ccccc1-c1ccc2ccccc2c1. The van der Waals surface area contributed by atoms with Gasteiger partial charge in [-0.15, -0.1) is 0 Å². The van der Waals surface area contributed by atoms with Crippen LogP contribution in [0.4, 0.5) is 5.69 Å². The number of anilines is 1. The number of nitrogens with zero attached hydrogens (tertiary/aromatic N) is 1. The third-order valence-corrected chi connectivity index (χ3v) is 6.55. The Kier molecular flexibility index (Phi) is 4.34. The second kappa shape index (κ2) is 6.84. The Morgan fingerprint density at radius 1 is 0.750 bits per heavy atom. The summed E-state index contributed by atoms with van der Waals surface area (Å²) < 4.78 is 26.8. The van der Waals surface area contributed by atoms with Crippen LogP contribution in [-0.4, -0.2) is 8.42 Å². The summed E-state index contributed by atoms with van der Waals surface area (Å²) in [5.41, 5.74) is 7.32. The average Bonchev–Trinajstić information content (AvgIpc) is 2.73. The number of rotatable bonds is 3. The van der Waals surface area contributed by atoms with Gasteiger partial charge in [0.25, 0.3) is 0 Å². The topological polar surface area (TPSA) is 83.9 Å². The van der Waals surface area contributed by atoms with Gasteiger partial charge in [-0.1, -0.05) is 60.7 Å². The number of benzene rings is 4. The molecular weight excluding hydrogens is 368 g/mol. The maximum absolute atomic E-state index is 13.4. The monoisotopic (exact) mass is 384 g/mol. The van der Waals surface area contributed by atoms with Crippen LogP contribution < -0.4 is 5.73 Å². The summed E-state index contributed by atoms with van der Waals surface area (Å²) in [5, 5.41) is 11.5. The number of nitriles is 1. The lowest BCUT2D eigenvalue weighted by Gasteiger charge is -2.13. The lowest BCUT2D eigenvalue weighted by molar-refractivity contribution is 0.596. The second-order valence-corrected chi connectivity index (χ2v) is 8.28. The summed E-state index contributed by atoms with van der Waals surface area (Å²) >= 11 is 0. The van der Waals surface area contributed by atoms with E-state index in [4.69, 9.17) is 5.73 Å². The molecule has 0 unspecified atom stereocenters. The molecule has 0 heterocycles. The molecule has 0 spiro atoms. The third-order valence-electron chi connectivity index (χ3n) is 4.70. The van der Waals surface area contributed by atoms with Crippen LogP contribution in [0.25, 0.3) is 21.9 Å². The minimum absolute atomic E-state index is 0.0317. The first-order chi connectivity index (χ1) is 13.5. The molecule has 0 amide bonds. The van der Waals surface area contributed by atoms with Gasteiger partial charge in [0.1, 0.15) is 6.07 Å². The average molecular weight is 384 g/mol. The fraction of sp³-hybridized carbons (Fsp3) is 0. The summed E-state index contributed by atoms with van der Waals surface area (Å²) in [6.45, 7) is 0. The van der Waals surface area contributed by atoms with Gasteiger partial charge < -0.3 is 5.73 Å². The molecule has 4 rings (SSSR count). The standard InChI is InChI=1S/C23H16N2O2S/c24-15-20-21(25)9-5-11-23(20)28(26,27)22-10-4-3-8-19(22)18-13-12-16-6-1-2-7-17(16)14-18/h1-14H,25H2. The van der Waals surface area contributed by atoms with Gasteiger partial charge in [0.05, 0.1) is 21.0 Å². The first-order valence-electron chi connectivity index (χ1n) is 8.64. The Hall–Kier alpha value is -3.62. The number of nitrogen functional groups attached to an aromatic ring is 1. The van der Waals surface area contributed by atoms with Gasteiger partial charge in [-0.3, -0.25) is 0 Å². The number of hydrogen-bond acceptors (Lipinski definition) is 4. The number of sulfone groups is 1. The fourth-order valence-electron chi connectivity index (χ4n) is 3.31. The predicted molar refractivity (Wildman–Crippen MR) is 110 cm³/mol. The molecule has 0 atom stereocenters. The van der Waals surface area contributed by atoms with Crippen LogP contribution in [0, 0.1) is 11.3 Å². The lowest BCUT2D eigenvalue weighted by Crippen LogP contribution is -2.07. The largest absolute Gasteiger partial charge is 0.398 e. The van der Waals surface area contributed by atoms with Crippen LogP contribution in [0.3, 0.4) is 0 Å². The van der Waals surface area contributed by atoms with Gasteiger partial charge in [-0.2, -0.15) is 5.26 Å². The summed E-state index contributed by atoms with van der Waals surface area (Å²) in [4.78, 5) is 0.0654. The van der Waals surface area contributed by atoms with Gasteiger partial charge in [-0.25, -0.2) is 8.42 Å². The first kappa shape index (κ1) is 17.8. The molecule has 0 aliphatic carbocycles. The van der Waals surface area contributed by atoms with Crippen LogP contribution in [0.2, 0.25) is 0 Å². The third kappa shape index (κ3) is 2.90. The molecular formula is C23H16N2O2S. The molecule has 0 saturated carbocycles. The minimum Gasteiger partial charge on any atom is -0.398 e. The van der Waals surface area contributed by atoms with Crippen molar-refractivity contribution in [3.05, 3.63) is 90.5 Å². The van der Waals surface area contributed by atoms with E-state index in [-0.39, 0.29) is 21.0 Å². The van der Waals surface area contributed by atoms with E-state index in [1.807, 2.05) is 48.5 Å². The molecule has 0 aliphatic rings. The number of hydrogen-bond donors (Lipinski definition) is 1. The molecule has 5 heteroatoms. The maximum Gasteiger partial charge on any atom is 0.208 e. The summed E-state index contributed by atoms with van der Waals surface area (Å²) in [6.07, 6.45) is 0. The fourth-order valence-corrected chi connectivity index (χ4v) is 4.97. The second-order valence-electron chi connectivity index (χ2n) is 6.39. The highest BCUT2D eigenvalue weighted by molar-refractivity contribution is 7.91. The van der Waals surface area contributed by atoms with Crippen molar-refractivity contribution < 1.29 is 8.42 Å². The number of nitrogens with two attached hydrogens (primary N) is 1. The zero-order valence-electron chi connectivity index (χ0n) is 14.8. The highest BCUT2D eigenvalue weighted by atomic mass is 32.2. The van der Waals surface area contributed by atoms with Crippen LogP contribution in [0.1, 0.15) is 5.56 Å². The quantitative estimate of drug-likeness (QED) is 0.515. The molecule has 2 N–H and O–H groups in total. The van der Waals surface area contributed by atoms with Crippen LogP contribution in [-0.2, 0) is 9.84 Å². The Bertz CT molecular complexity index is 1350. The molecule has 0 saturated heterocycles. The summed E-state index contributed by atoms with van der Waals surface area (Å²) in [5.74, 6) is 0. The zero-order valence-corrected chi connectivity index (χ0v) is 15.6. The number of fused-ring (bicyclic) bond motifs is 1. The normalized spacial score (nSPS) is 11.2. The van der Waals surface area contributed by atoms with Crippen molar-refractivity contribution in [1.82, 2.24) is 0 Å². The van der Waals surface area contributed by atoms with Crippen LogP contribution in [0.15, 0.2) is 94.7 Å². The van der Waals surface area contributed by atoms with E-state index in [1.165, 1.54) is 12.1 Å². The van der Waals surface area contributed by atoms with E-state index in [1.54, 1.807) is 30.3 Å². The summed E-state index contributed by atoms with van der Waals surface area (Å²) in [7, 11) is -3.94. The maximum atomic E-state index is 13.4. The molecule has 0 aliphatic heterocycles. The molecule has 0 radical (unpaired) electrons. The van der Waals surface area contributed by atoms with Crippen molar-refractivity contribution in [2.75, 3.05) is 5.73 Å². The van der Waals surface area contributed by atoms with E-state index in [9.17, 15) is 13.7 Å². The molecule has 136 valence electrons. The van der Waals surface area contributed by atoms with E-state index in [0.29, 0.717) is 5.56 Å². The minimum atomic E-state index is -3.94. The smallest absolute Gasteiger partial charge is 0.208 e. The van der Waals surface area contributed by atoms with Crippen molar-refractivity contribution in [3.8, 4) is 17.2 Å². The van der Waals surface area contributed by atoms with Crippen LogP contribution >= 0.6 is 0 Å². The zero-order chi connectivity index (χ0) is 19.7. The molecule has 4 aromatic carbocycles. The van der Waals surface area contributed by atoms with Gasteiger partial charge >= 0.3 is 0 Å². The van der Waals surface area contributed by atoms with Gasteiger partial charge in [0.15, 0.2) is 0 Å². The Morgan fingerprint density at radius 3 is 2.21 bits per heavy atom. The molecule has 0 fully saturated rings. The van der Waals surface area contributed by atoms with Crippen molar-refractivity contribution in [1.29, 1.82) is 5.26 Å². The lowest BCUT2D eigenvalue weighted by atomic mass is 10.0. The molecule has 4 nitrogen and oxygen atoms in total. The molecule has 28 heavy (non-hydrogen) atoms. The van der Waals surface area contributed by atoms with Crippen molar-refractivity contribution >= 4 is 26.3 Å². The molecule has 0 aromatic heterocycles. The summed E-state index contributed by atoms with van der Waals surface area (Å²) in [6, 6.07) is 27.0. The van der Waals surface area contributed by atoms with Crippen molar-refractivity contribution in [2.24, 2.45) is 0 Å². The Labute approximate surface area is 163 Å². The van der Waals surface area contributed by atoms with E-state index < -0.39 is 9.84 Å². The van der Waals surface area contributed by atoms with Gasteiger partial charge in [-0.05, 0) is 40.6 Å². The van der Waals surface area contributed by atoms with Gasteiger partial charge in [0.2, 0.25) is 9.84 Å². The highest BCUT2D eigenvalue weighted by Gasteiger charge is 2.25. The van der Waals surface area contributed by atoms with E-state index >= 15 is 0 Å². The first-order valence-corrected chi connectivity index (χ1v) is 10.1. The highest BCUT2D eigenvalue weighted by Crippen LogP contribution is 2.34.